The molecule has 2 rings (SSSR count). The Kier molecular flexibility index (Phi) is 4.01. The summed E-state index contributed by atoms with van der Waals surface area (Å²) in [6, 6.07) is 3.26. The zero-order valence-corrected chi connectivity index (χ0v) is 10.8. The van der Waals surface area contributed by atoms with Crippen LogP contribution in [0.25, 0.3) is 0 Å². The smallest absolute Gasteiger partial charge is 0.329 e. The van der Waals surface area contributed by atoms with Crippen LogP contribution < -0.4 is 5.32 Å². The number of carboxylic acid groups (broad SMARTS) is 1. The standard InChI is InChI=1S/C12H16ClN3O2/c13-9-5-6-10(16-15-9)14-12(11(17)18)7-3-1-2-4-8-12/h5-6H,1-4,7-8H2,(H,14,16)(H,17,18). The van der Waals surface area contributed by atoms with Crippen LogP contribution in [0.1, 0.15) is 38.5 Å². The molecule has 0 atom stereocenters. The summed E-state index contributed by atoms with van der Waals surface area (Å²) in [5.41, 5.74) is -0.918. The fourth-order valence-corrected chi connectivity index (χ4v) is 2.45. The van der Waals surface area contributed by atoms with E-state index in [1.807, 2.05) is 0 Å². The molecule has 1 aromatic heterocycles. The van der Waals surface area contributed by atoms with E-state index in [1.165, 1.54) is 0 Å². The highest BCUT2D eigenvalue weighted by Crippen LogP contribution is 2.30. The SMILES string of the molecule is O=C(O)C1(Nc2ccc(Cl)nn2)CCCCCC1. The van der Waals surface area contributed by atoms with Gasteiger partial charge in [-0.2, -0.15) is 0 Å². The molecule has 0 aliphatic heterocycles. The number of anilines is 1. The van der Waals surface area contributed by atoms with Gasteiger partial charge in [0.1, 0.15) is 11.4 Å². The first-order chi connectivity index (χ1) is 8.62. The zero-order chi connectivity index (χ0) is 13.0. The van der Waals surface area contributed by atoms with E-state index in [0.717, 1.165) is 25.7 Å². The van der Waals surface area contributed by atoms with Gasteiger partial charge in [-0.3, -0.25) is 0 Å². The highest BCUT2D eigenvalue weighted by Gasteiger charge is 2.38. The Labute approximate surface area is 111 Å². The number of hydrogen-bond acceptors (Lipinski definition) is 4. The monoisotopic (exact) mass is 269 g/mol. The molecule has 0 radical (unpaired) electrons. The summed E-state index contributed by atoms with van der Waals surface area (Å²) in [5.74, 6) is -0.357. The molecule has 1 heterocycles. The second-order valence-corrected chi connectivity index (χ2v) is 5.06. The number of nitrogens with one attached hydrogen (secondary N) is 1. The maximum atomic E-state index is 11.6. The van der Waals surface area contributed by atoms with Gasteiger partial charge >= 0.3 is 5.97 Å². The molecule has 1 aromatic rings. The predicted molar refractivity (Wildman–Crippen MR) is 68.7 cm³/mol. The molecule has 6 heteroatoms. The van der Waals surface area contributed by atoms with Gasteiger partial charge in [-0.05, 0) is 25.0 Å². The lowest BCUT2D eigenvalue weighted by molar-refractivity contribution is -0.142. The lowest BCUT2D eigenvalue weighted by Gasteiger charge is -2.29. The van der Waals surface area contributed by atoms with E-state index in [0.29, 0.717) is 23.8 Å². The third kappa shape index (κ3) is 2.90. The van der Waals surface area contributed by atoms with E-state index < -0.39 is 11.5 Å². The van der Waals surface area contributed by atoms with Gasteiger partial charge in [0.25, 0.3) is 0 Å². The second kappa shape index (κ2) is 5.52. The number of nitrogens with zero attached hydrogens (tertiary/aromatic N) is 2. The molecule has 0 unspecified atom stereocenters. The molecule has 0 spiro atoms. The highest BCUT2D eigenvalue weighted by molar-refractivity contribution is 6.29. The third-order valence-electron chi connectivity index (χ3n) is 3.37. The van der Waals surface area contributed by atoms with Gasteiger partial charge < -0.3 is 10.4 Å². The molecular weight excluding hydrogens is 254 g/mol. The van der Waals surface area contributed by atoms with Crippen molar-refractivity contribution in [1.29, 1.82) is 0 Å². The Balaban J connectivity index is 2.19. The van der Waals surface area contributed by atoms with Crippen molar-refractivity contribution in [3.63, 3.8) is 0 Å². The predicted octanol–water partition coefficient (Wildman–Crippen LogP) is 2.72. The van der Waals surface area contributed by atoms with Crippen LogP contribution >= 0.6 is 11.6 Å². The van der Waals surface area contributed by atoms with Gasteiger partial charge in [-0.15, -0.1) is 10.2 Å². The first-order valence-corrected chi connectivity index (χ1v) is 6.51. The van der Waals surface area contributed by atoms with Crippen LogP contribution in [0.15, 0.2) is 12.1 Å². The average Bonchev–Trinajstić information content (AvgIpc) is 2.59. The summed E-state index contributed by atoms with van der Waals surface area (Å²) in [6.07, 6.45) is 5.24. The number of rotatable bonds is 3. The van der Waals surface area contributed by atoms with E-state index in [4.69, 9.17) is 11.6 Å². The third-order valence-corrected chi connectivity index (χ3v) is 3.57. The van der Waals surface area contributed by atoms with Crippen molar-refractivity contribution >= 4 is 23.4 Å². The van der Waals surface area contributed by atoms with Crippen LogP contribution in [-0.4, -0.2) is 26.8 Å². The fraction of sp³-hybridized carbons (Fsp3) is 0.583. The summed E-state index contributed by atoms with van der Waals surface area (Å²) in [5, 5.41) is 20.4. The van der Waals surface area contributed by atoms with Crippen molar-refractivity contribution < 1.29 is 9.90 Å². The van der Waals surface area contributed by atoms with Gasteiger partial charge in [0.2, 0.25) is 0 Å². The lowest BCUT2D eigenvalue weighted by Crippen LogP contribution is -2.46. The molecule has 0 amide bonds. The fourth-order valence-electron chi connectivity index (χ4n) is 2.35. The highest BCUT2D eigenvalue weighted by atomic mass is 35.5. The van der Waals surface area contributed by atoms with Gasteiger partial charge in [0.15, 0.2) is 5.15 Å². The van der Waals surface area contributed by atoms with Crippen molar-refractivity contribution in [3.8, 4) is 0 Å². The maximum Gasteiger partial charge on any atom is 0.329 e. The molecule has 1 saturated carbocycles. The van der Waals surface area contributed by atoms with Crippen molar-refractivity contribution in [2.45, 2.75) is 44.1 Å². The molecule has 5 nitrogen and oxygen atoms in total. The normalized spacial score (nSPS) is 18.9. The van der Waals surface area contributed by atoms with Gasteiger partial charge in [-0.1, -0.05) is 37.3 Å². The van der Waals surface area contributed by atoms with Gasteiger partial charge in [0, 0.05) is 0 Å². The van der Waals surface area contributed by atoms with E-state index in [2.05, 4.69) is 15.5 Å². The minimum atomic E-state index is -0.918. The van der Waals surface area contributed by atoms with Crippen molar-refractivity contribution in [2.75, 3.05) is 5.32 Å². The summed E-state index contributed by atoms with van der Waals surface area (Å²) >= 11 is 5.66. The maximum absolute atomic E-state index is 11.6. The first-order valence-electron chi connectivity index (χ1n) is 6.13. The topological polar surface area (TPSA) is 75.1 Å². The number of aromatic nitrogens is 2. The molecule has 1 aliphatic rings. The van der Waals surface area contributed by atoms with E-state index in [-0.39, 0.29) is 0 Å². The summed E-state index contributed by atoms with van der Waals surface area (Å²) < 4.78 is 0. The van der Waals surface area contributed by atoms with Crippen LogP contribution in [0.4, 0.5) is 5.82 Å². The second-order valence-electron chi connectivity index (χ2n) is 4.67. The number of hydrogen-bond donors (Lipinski definition) is 2. The molecule has 18 heavy (non-hydrogen) atoms. The number of halogens is 1. The van der Waals surface area contributed by atoms with E-state index in [9.17, 15) is 9.90 Å². The van der Waals surface area contributed by atoms with E-state index >= 15 is 0 Å². The zero-order valence-electron chi connectivity index (χ0n) is 10.0. The van der Waals surface area contributed by atoms with Gasteiger partial charge in [0.05, 0.1) is 0 Å². The first kappa shape index (κ1) is 13.1. The Morgan fingerprint density at radius 1 is 1.22 bits per heavy atom. The molecule has 0 aromatic carbocycles. The molecule has 0 bridgehead atoms. The summed E-state index contributed by atoms with van der Waals surface area (Å²) in [7, 11) is 0. The molecular formula is C12H16ClN3O2. The van der Waals surface area contributed by atoms with Crippen molar-refractivity contribution in [2.24, 2.45) is 0 Å². The average molecular weight is 270 g/mol. The number of carboxylic acids is 1. The van der Waals surface area contributed by atoms with Crippen LogP contribution in [0, 0.1) is 0 Å². The van der Waals surface area contributed by atoms with Crippen LogP contribution in [-0.2, 0) is 4.79 Å². The summed E-state index contributed by atoms with van der Waals surface area (Å²) in [6.45, 7) is 0. The van der Waals surface area contributed by atoms with Crippen LogP contribution in [0.2, 0.25) is 5.15 Å². The summed E-state index contributed by atoms with van der Waals surface area (Å²) in [4.78, 5) is 11.6. The largest absolute Gasteiger partial charge is 0.480 e. The molecule has 98 valence electrons. The van der Waals surface area contributed by atoms with Crippen molar-refractivity contribution in [3.05, 3.63) is 17.3 Å². The van der Waals surface area contributed by atoms with Crippen molar-refractivity contribution in [1.82, 2.24) is 10.2 Å². The molecule has 0 saturated heterocycles. The van der Waals surface area contributed by atoms with Crippen LogP contribution in [0.3, 0.4) is 0 Å². The molecule has 2 N–H and O–H groups in total. The Morgan fingerprint density at radius 3 is 2.39 bits per heavy atom. The molecule has 1 aliphatic carbocycles. The van der Waals surface area contributed by atoms with Gasteiger partial charge in [-0.25, -0.2) is 4.79 Å². The van der Waals surface area contributed by atoms with Crippen LogP contribution in [0.5, 0.6) is 0 Å². The number of aliphatic carboxylic acids is 1. The Bertz CT molecular complexity index is 414. The lowest BCUT2D eigenvalue weighted by atomic mass is 9.90. The Hall–Kier alpha value is -1.36. The number of carbonyl (C=O) groups is 1. The van der Waals surface area contributed by atoms with E-state index in [1.54, 1.807) is 12.1 Å². The Morgan fingerprint density at radius 2 is 1.89 bits per heavy atom. The minimum Gasteiger partial charge on any atom is -0.480 e. The quantitative estimate of drug-likeness (QED) is 0.825. The minimum absolute atomic E-state index is 0.297. The molecule has 1 fully saturated rings.